The lowest BCUT2D eigenvalue weighted by Gasteiger charge is -2.02. The number of benzene rings is 2. The van der Waals surface area contributed by atoms with Gasteiger partial charge in [-0.05, 0) is 18.2 Å². The van der Waals surface area contributed by atoms with Crippen molar-refractivity contribution in [1.82, 2.24) is 9.97 Å². The Hall–Kier alpha value is -1.87. The molecule has 3 aromatic rings. The van der Waals surface area contributed by atoms with Crippen LogP contribution in [0.5, 0.6) is 0 Å². The molecule has 2 aromatic carbocycles. The van der Waals surface area contributed by atoms with Gasteiger partial charge in [-0.3, -0.25) is 0 Å². The summed E-state index contributed by atoms with van der Waals surface area (Å²) < 4.78 is 0. The summed E-state index contributed by atoms with van der Waals surface area (Å²) in [6.07, 6.45) is 0. The second-order valence-electron chi connectivity index (χ2n) is 3.49. The molecule has 75 valence electrons. The minimum atomic E-state index is 0.816. The third-order valence-electron chi connectivity index (χ3n) is 2.48. The van der Waals surface area contributed by atoms with E-state index >= 15 is 0 Å². The molecule has 1 heterocycles. The van der Waals surface area contributed by atoms with E-state index in [1.54, 1.807) is 0 Å². The van der Waals surface area contributed by atoms with Crippen molar-refractivity contribution in [2.45, 2.75) is 0 Å². The Morgan fingerprint density at radius 1 is 0.812 bits per heavy atom. The topological polar surface area (TPSA) is 25.8 Å². The van der Waals surface area contributed by atoms with Crippen molar-refractivity contribution in [2.75, 3.05) is 0 Å². The Balaban J connectivity index is 2.51. The van der Waals surface area contributed by atoms with Crippen molar-refractivity contribution in [1.29, 1.82) is 0 Å². The molecule has 0 aliphatic rings. The molecule has 0 saturated heterocycles. The monoisotopic (exact) mass is 223 g/mol. The van der Waals surface area contributed by atoms with Crippen LogP contribution >= 0.6 is 12.2 Å². The summed E-state index contributed by atoms with van der Waals surface area (Å²) in [5.74, 6) is 0. The molecule has 16 heavy (non-hydrogen) atoms. The van der Waals surface area contributed by atoms with E-state index in [-0.39, 0.29) is 0 Å². The standard InChI is InChI=1S/C13H7N2S/c16-8-9-4-3-7-12-13(9)15-11-6-2-1-5-10(11)14-12/h1-7H. The van der Waals surface area contributed by atoms with Gasteiger partial charge < -0.3 is 0 Å². The van der Waals surface area contributed by atoms with E-state index in [9.17, 15) is 0 Å². The molecule has 0 aliphatic carbocycles. The maximum atomic E-state index is 4.85. The zero-order valence-electron chi connectivity index (χ0n) is 8.34. The smallest absolute Gasteiger partial charge is 0.0981 e. The van der Waals surface area contributed by atoms with Crippen LogP contribution in [-0.2, 0) is 0 Å². The molecule has 0 aliphatic heterocycles. The highest BCUT2D eigenvalue weighted by Crippen LogP contribution is 2.18. The first-order chi connectivity index (χ1) is 7.88. The Bertz CT molecular complexity index is 692. The summed E-state index contributed by atoms with van der Waals surface area (Å²) in [5, 5.41) is 2.72. The molecule has 0 fully saturated rings. The summed E-state index contributed by atoms with van der Waals surface area (Å²) in [7, 11) is 0. The van der Waals surface area contributed by atoms with E-state index in [1.807, 2.05) is 42.5 Å². The van der Waals surface area contributed by atoms with E-state index in [4.69, 9.17) is 12.2 Å². The third-order valence-corrected chi connectivity index (χ3v) is 2.70. The first-order valence-corrected chi connectivity index (χ1v) is 5.33. The van der Waals surface area contributed by atoms with Gasteiger partial charge in [-0.2, -0.15) is 0 Å². The SMILES string of the molecule is S=[C]c1cccc2nc3ccccc3nc12. The first-order valence-electron chi connectivity index (χ1n) is 4.92. The molecule has 0 spiro atoms. The molecule has 3 rings (SSSR count). The maximum Gasteiger partial charge on any atom is 0.0981 e. The van der Waals surface area contributed by atoms with Crippen LogP contribution in [0.3, 0.4) is 0 Å². The van der Waals surface area contributed by atoms with E-state index in [0.29, 0.717) is 0 Å². The quantitative estimate of drug-likeness (QED) is 0.468. The highest BCUT2D eigenvalue weighted by Gasteiger charge is 2.03. The number of para-hydroxylation sites is 3. The minimum Gasteiger partial charge on any atom is -0.244 e. The second-order valence-corrected chi connectivity index (χ2v) is 3.69. The maximum absolute atomic E-state index is 4.85. The van der Waals surface area contributed by atoms with Crippen LogP contribution in [-0.4, -0.2) is 15.3 Å². The highest BCUT2D eigenvalue weighted by molar-refractivity contribution is 7.79. The summed E-state index contributed by atoms with van der Waals surface area (Å²) >= 11 is 4.85. The first kappa shape index (κ1) is 9.36. The van der Waals surface area contributed by atoms with Crippen LogP contribution in [0, 0.1) is 0 Å². The van der Waals surface area contributed by atoms with Crippen LogP contribution in [0.25, 0.3) is 22.1 Å². The molecule has 0 N–H and O–H groups in total. The minimum absolute atomic E-state index is 0.816. The lowest BCUT2D eigenvalue weighted by Crippen LogP contribution is -1.90. The zero-order valence-corrected chi connectivity index (χ0v) is 9.16. The van der Waals surface area contributed by atoms with Gasteiger partial charge >= 0.3 is 0 Å². The van der Waals surface area contributed by atoms with E-state index in [1.165, 1.54) is 0 Å². The van der Waals surface area contributed by atoms with Crippen LogP contribution in [0.15, 0.2) is 42.5 Å². The molecule has 0 amide bonds. The molecular weight excluding hydrogens is 216 g/mol. The Labute approximate surface area is 98.0 Å². The van der Waals surface area contributed by atoms with Crippen molar-refractivity contribution in [2.24, 2.45) is 0 Å². The lowest BCUT2D eigenvalue weighted by atomic mass is 10.2. The fourth-order valence-electron chi connectivity index (χ4n) is 1.72. The average molecular weight is 223 g/mol. The summed E-state index contributed by atoms with van der Waals surface area (Å²) in [6.45, 7) is 0. The summed E-state index contributed by atoms with van der Waals surface area (Å²) in [4.78, 5) is 9.09. The average Bonchev–Trinajstić information content (AvgIpc) is 2.35. The summed E-state index contributed by atoms with van der Waals surface area (Å²) in [5.41, 5.74) is 4.28. The molecule has 0 atom stereocenters. The van der Waals surface area contributed by atoms with Crippen LogP contribution in [0.2, 0.25) is 0 Å². The molecule has 0 unspecified atom stereocenters. The van der Waals surface area contributed by atoms with Crippen molar-refractivity contribution in [3.63, 3.8) is 0 Å². The lowest BCUT2D eigenvalue weighted by molar-refractivity contribution is 1.39. The predicted molar refractivity (Wildman–Crippen MR) is 68.7 cm³/mol. The van der Waals surface area contributed by atoms with Gasteiger partial charge in [-0.15, -0.1) is 0 Å². The van der Waals surface area contributed by atoms with Gasteiger partial charge in [0, 0.05) is 5.56 Å². The number of hydrogen-bond donors (Lipinski definition) is 0. The normalized spacial score (nSPS) is 10.8. The molecular formula is C13H7N2S. The Morgan fingerprint density at radius 2 is 1.50 bits per heavy atom. The third kappa shape index (κ3) is 1.37. The number of nitrogens with zero attached hydrogens (tertiary/aromatic N) is 2. The Kier molecular flexibility index (Phi) is 2.11. The van der Waals surface area contributed by atoms with Gasteiger partial charge in [0.15, 0.2) is 0 Å². The molecule has 1 radical (unpaired) electrons. The van der Waals surface area contributed by atoms with E-state index in [2.05, 4.69) is 15.3 Å². The summed E-state index contributed by atoms with van der Waals surface area (Å²) in [6, 6.07) is 13.6. The molecule has 0 bridgehead atoms. The van der Waals surface area contributed by atoms with Gasteiger partial charge in [-0.1, -0.05) is 36.5 Å². The van der Waals surface area contributed by atoms with Gasteiger partial charge in [0.1, 0.15) is 0 Å². The van der Waals surface area contributed by atoms with Crippen molar-refractivity contribution in [3.8, 4) is 0 Å². The van der Waals surface area contributed by atoms with Crippen molar-refractivity contribution in [3.05, 3.63) is 48.0 Å². The number of fused-ring (bicyclic) bond motifs is 2. The highest BCUT2D eigenvalue weighted by atomic mass is 32.1. The van der Waals surface area contributed by atoms with Gasteiger partial charge in [-0.25, -0.2) is 9.97 Å². The molecule has 1 aromatic heterocycles. The second kappa shape index (κ2) is 3.61. The fraction of sp³-hybridized carbons (Fsp3) is 0. The number of rotatable bonds is 1. The molecule has 0 saturated carbocycles. The predicted octanol–water partition coefficient (Wildman–Crippen LogP) is 3.01. The van der Waals surface area contributed by atoms with E-state index < -0.39 is 0 Å². The molecule has 3 heteroatoms. The van der Waals surface area contributed by atoms with Gasteiger partial charge in [0.05, 0.1) is 27.4 Å². The van der Waals surface area contributed by atoms with Crippen LogP contribution < -0.4 is 0 Å². The van der Waals surface area contributed by atoms with Crippen LogP contribution in [0.1, 0.15) is 5.56 Å². The Morgan fingerprint density at radius 3 is 2.25 bits per heavy atom. The number of thiocarbonyl (C=S) groups is 1. The van der Waals surface area contributed by atoms with E-state index in [0.717, 1.165) is 27.6 Å². The number of hydrogen-bond acceptors (Lipinski definition) is 3. The van der Waals surface area contributed by atoms with Gasteiger partial charge in [0.2, 0.25) is 0 Å². The van der Waals surface area contributed by atoms with Gasteiger partial charge in [0.25, 0.3) is 0 Å². The molecule has 2 nitrogen and oxygen atoms in total. The largest absolute Gasteiger partial charge is 0.244 e. The van der Waals surface area contributed by atoms with Crippen molar-refractivity contribution >= 4 is 39.7 Å². The van der Waals surface area contributed by atoms with Crippen LogP contribution in [0.4, 0.5) is 0 Å². The zero-order chi connectivity index (χ0) is 11.0. The fourth-order valence-corrected chi connectivity index (χ4v) is 1.89. The van der Waals surface area contributed by atoms with Crippen molar-refractivity contribution < 1.29 is 0 Å². The number of aromatic nitrogens is 2.